The molecule has 2 aliphatic heterocycles. The van der Waals surface area contributed by atoms with Crippen LogP contribution < -0.4 is 4.90 Å². The van der Waals surface area contributed by atoms with Gasteiger partial charge < -0.3 is 15.0 Å². The molecule has 0 aliphatic carbocycles. The Bertz CT molecular complexity index is 875. The Morgan fingerprint density at radius 3 is 2.96 bits per heavy atom. The molecule has 0 radical (unpaired) electrons. The highest BCUT2D eigenvalue weighted by Gasteiger charge is 2.40. The van der Waals surface area contributed by atoms with E-state index in [1.807, 2.05) is 24.2 Å². The number of fused-ring (bicyclic) bond motifs is 1. The molecule has 4 heterocycles. The highest BCUT2D eigenvalue weighted by atomic mass is 16.3. The summed E-state index contributed by atoms with van der Waals surface area (Å²) >= 11 is 0. The van der Waals surface area contributed by atoms with Crippen molar-refractivity contribution in [1.82, 2.24) is 19.8 Å². The SMILES string of the molecule is C[C@@H]1CCN(C(O)N2CCC(C)(C#N)C2)CC1N(C)c1ccnc2[nH]ccc12. The number of aromatic amines is 1. The minimum Gasteiger partial charge on any atom is -0.369 e. The van der Waals surface area contributed by atoms with Crippen molar-refractivity contribution in [2.24, 2.45) is 11.3 Å². The van der Waals surface area contributed by atoms with E-state index in [0.29, 0.717) is 18.5 Å². The fraction of sp³-hybridized carbons (Fsp3) is 0.619. The summed E-state index contributed by atoms with van der Waals surface area (Å²) in [6.45, 7) is 7.36. The Balaban J connectivity index is 1.51. The second-order valence-electron chi connectivity index (χ2n) is 8.75. The number of aliphatic hydroxyl groups is 1. The minimum atomic E-state index is -0.622. The summed E-state index contributed by atoms with van der Waals surface area (Å²) in [5, 5.41) is 21.5. The fourth-order valence-electron chi connectivity index (χ4n) is 4.74. The predicted octanol–water partition coefficient (Wildman–Crippen LogP) is 2.22. The number of anilines is 1. The number of rotatable bonds is 4. The average Bonchev–Trinajstić information content (AvgIpc) is 3.34. The third kappa shape index (κ3) is 3.37. The van der Waals surface area contributed by atoms with Gasteiger partial charge in [-0.15, -0.1) is 0 Å². The van der Waals surface area contributed by atoms with Crippen LogP contribution in [0.5, 0.6) is 0 Å². The van der Waals surface area contributed by atoms with Crippen molar-refractivity contribution in [2.75, 3.05) is 38.1 Å². The first kappa shape index (κ1) is 19.2. The molecule has 0 spiro atoms. The molecule has 0 saturated carbocycles. The molecule has 7 nitrogen and oxygen atoms in total. The first-order valence-corrected chi connectivity index (χ1v) is 10.1. The molecule has 2 aromatic heterocycles. The Labute approximate surface area is 166 Å². The number of likely N-dealkylation sites (tertiary alicyclic amines) is 2. The van der Waals surface area contributed by atoms with E-state index in [4.69, 9.17) is 0 Å². The monoisotopic (exact) mass is 382 g/mol. The van der Waals surface area contributed by atoms with Crippen molar-refractivity contribution >= 4 is 16.7 Å². The number of H-pyrrole nitrogens is 1. The van der Waals surface area contributed by atoms with Crippen LogP contribution in [0.4, 0.5) is 5.69 Å². The van der Waals surface area contributed by atoms with Crippen LogP contribution in [-0.4, -0.2) is 70.5 Å². The maximum atomic E-state index is 11.0. The molecule has 2 fully saturated rings. The number of likely N-dealkylation sites (N-methyl/N-ethyl adjacent to an activating group) is 1. The van der Waals surface area contributed by atoms with Crippen molar-refractivity contribution in [2.45, 2.75) is 39.1 Å². The maximum Gasteiger partial charge on any atom is 0.165 e. The van der Waals surface area contributed by atoms with Crippen LogP contribution in [0.3, 0.4) is 0 Å². The zero-order valence-corrected chi connectivity index (χ0v) is 17.0. The van der Waals surface area contributed by atoms with Crippen molar-refractivity contribution in [3.8, 4) is 6.07 Å². The van der Waals surface area contributed by atoms with Gasteiger partial charge in [0.2, 0.25) is 0 Å². The van der Waals surface area contributed by atoms with Gasteiger partial charge in [-0.05, 0) is 37.8 Å². The Hall–Kier alpha value is -2.14. The van der Waals surface area contributed by atoms with E-state index >= 15 is 0 Å². The van der Waals surface area contributed by atoms with Crippen molar-refractivity contribution < 1.29 is 5.11 Å². The van der Waals surface area contributed by atoms with Gasteiger partial charge in [0.15, 0.2) is 6.35 Å². The molecule has 0 aromatic carbocycles. The summed E-state index contributed by atoms with van der Waals surface area (Å²) in [6.07, 6.45) is 5.00. The lowest BCUT2D eigenvalue weighted by molar-refractivity contribution is -0.118. The van der Waals surface area contributed by atoms with Gasteiger partial charge in [-0.2, -0.15) is 5.26 Å². The quantitative estimate of drug-likeness (QED) is 0.844. The number of pyridine rings is 1. The topological polar surface area (TPSA) is 82.4 Å². The highest BCUT2D eigenvalue weighted by Crippen LogP contribution is 2.33. The van der Waals surface area contributed by atoms with E-state index in [0.717, 1.165) is 49.2 Å². The van der Waals surface area contributed by atoms with Gasteiger partial charge in [0.1, 0.15) is 5.65 Å². The van der Waals surface area contributed by atoms with Gasteiger partial charge in [0, 0.05) is 62.7 Å². The molecule has 2 N–H and O–H groups in total. The zero-order chi connectivity index (χ0) is 19.9. The van der Waals surface area contributed by atoms with E-state index in [1.165, 1.54) is 0 Å². The number of nitrogens with zero attached hydrogens (tertiary/aromatic N) is 5. The molecule has 3 unspecified atom stereocenters. The molecule has 0 bridgehead atoms. The summed E-state index contributed by atoms with van der Waals surface area (Å²) in [4.78, 5) is 14.1. The lowest BCUT2D eigenvalue weighted by atomic mass is 9.91. The molecule has 4 atom stereocenters. The van der Waals surface area contributed by atoms with Gasteiger partial charge >= 0.3 is 0 Å². The van der Waals surface area contributed by atoms with E-state index in [9.17, 15) is 10.4 Å². The molecule has 2 aliphatic rings. The van der Waals surface area contributed by atoms with Gasteiger partial charge in [-0.25, -0.2) is 4.98 Å². The smallest absolute Gasteiger partial charge is 0.165 e. The van der Waals surface area contributed by atoms with Gasteiger partial charge in [0.05, 0.1) is 11.5 Å². The van der Waals surface area contributed by atoms with Crippen LogP contribution in [-0.2, 0) is 0 Å². The largest absolute Gasteiger partial charge is 0.369 e. The van der Waals surface area contributed by atoms with Crippen LogP contribution in [0, 0.1) is 22.7 Å². The number of hydrogen-bond donors (Lipinski definition) is 2. The lowest BCUT2D eigenvalue weighted by Gasteiger charge is -2.45. The average molecular weight is 383 g/mol. The molecule has 7 heteroatoms. The first-order chi connectivity index (χ1) is 13.4. The second kappa shape index (κ2) is 7.36. The van der Waals surface area contributed by atoms with Crippen LogP contribution in [0.1, 0.15) is 26.7 Å². The third-order valence-electron chi connectivity index (χ3n) is 6.69. The van der Waals surface area contributed by atoms with Crippen LogP contribution in [0.15, 0.2) is 24.5 Å². The number of nitriles is 1. The molecular weight excluding hydrogens is 352 g/mol. The molecule has 150 valence electrons. The zero-order valence-electron chi connectivity index (χ0n) is 17.0. The van der Waals surface area contributed by atoms with Crippen molar-refractivity contribution in [1.29, 1.82) is 5.26 Å². The summed E-state index contributed by atoms with van der Waals surface area (Å²) < 4.78 is 0. The van der Waals surface area contributed by atoms with E-state index < -0.39 is 6.35 Å². The lowest BCUT2D eigenvalue weighted by Crippen LogP contribution is -2.57. The van der Waals surface area contributed by atoms with Crippen LogP contribution in [0.2, 0.25) is 0 Å². The van der Waals surface area contributed by atoms with Crippen molar-refractivity contribution in [3.05, 3.63) is 24.5 Å². The number of aromatic nitrogens is 2. The van der Waals surface area contributed by atoms with E-state index in [2.05, 4.69) is 51.9 Å². The normalized spacial score (nSPS) is 30.4. The number of hydrogen-bond acceptors (Lipinski definition) is 6. The van der Waals surface area contributed by atoms with Crippen LogP contribution >= 0.6 is 0 Å². The van der Waals surface area contributed by atoms with E-state index in [-0.39, 0.29) is 5.41 Å². The number of piperidine rings is 1. The minimum absolute atomic E-state index is 0.300. The summed E-state index contributed by atoms with van der Waals surface area (Å²) in [5.74, 6) is 0.526. The van der Waals surface area contributed by atoms with Gasteiger partial charge in [-0.3, -0.25) is 9.80 Å². The molecule has 2 aromatic rings. The van der Waals surface area contributed by atoms with Gasteiger partial charge in [0.25, 0.3) is 0 Å². The molecule has 4 rings (SSSR count). The summed E-state index contributed by atoms with van der Waals surface area (Å²) in [6, 6.07) is 6.85. The fourth-order valence-corrected chi connectivity index (χ4v) is 4.74. The third-order valence-corrected chi connectivity index (χ3v) is 6.69. The Morgan fingerprint density at radius 1 is 1.39 bits per heavy atom. The second-order valence-corrected chi connectivity index (χ2v) is 8.75. The predicted molar refractivity (Wildman–Crippen MR) is 110 cm³/mol. The summed E-state index contributed by atoms with van der Waals surface area (Å²) in [5.41, 5.74) is 1.72. The standard InChI is InChI=1S/C21H30N6O/c1-15-6-10-26(20(28)27-11-7-21(2,13-22)14-27)12-18(15)25(3)17-5-9-24-19-16(17)4-8-23-19/h4-5,8-9,15,18,20,28H,6-7,10-12,14H2,1-3H3,(H,23,24)/t15-,18?,20?,21?/m1/s1. The molecule has 2 saturated heterocycles. The number of nitrogens with one attached hydrogen (secondary N) is 1. The highest BCUT2D eigenvalue weighted by molar-refractivity contribution is 5.89. The first-order valence-electron chi connectivity index (χ1n) is 10.1. The van der Waals surface area contributed by atoms with E-state index in [1.54, 1.807) is 0 Å². The van der Waals surface area contributed by atoms with Crippen LogP contribution in [0.25, 0.3) is 11.0 Å². The molecule has 0 amide bonds. The Morgan fingerprint density at radius 2 is 2.21 bits per heavy atom. The Kier molecular flexibility index (Phi) is 5.04. The maximum absolute atomic E-state index is 11.0. The van der Waals surface area contributed by atoms with Crippen molar-refractivity contribution in [3.63, 3.8) is 0 Å². The molecular formula is C21H30N6O. The molecule has 28 heavy (non-hydrogen) atoms. The number of aliphatic hydroxyl groups excluding tert-OH is 1. The van der Waals surface area contributed by atoms with Gasteiger partial charge in [-0.1, -0.05) is 6.92 Å². The summed E-state index contributed by atoms with van der Waals surface area (Å²) in [7, 11) is 2.14.